The second kappa shape index (κ2) is 6.20. The van der Waals surface area contributed by atoms with Crippen molar-refractivity contribution in [2.75, 3.05) is 6.61 Å². The van der Waals surface area contributed by atoms with E-state index in [9.17, 15) is 23.4 Å². The van der Waals surface area contributed by atoms with Crippen LogP contribution < -0.4 is 0 Å². The van der Waals surface area contributed by atoms with Gasteiger partial charge < -0.3 is 24.8 Å². The quantitative estimate of drug-likeness (QED) is 0.479. The summed E-state index contributed by atoms with van der Waals surface area (Å²) in [5.74, 6) is -0.780. The number of ether oxygens (including phenoxy) is 2. The van der Waals surface area contributed by atoms with E-state index in [0.29, 0.717) is 0 Å². The van der Waals surface area contributed by atoms with E-state index in [4.69, 9.17) is 9.84 Å². The van der Waals surface area contributed by atoms with Crippen molar-refractivity contribution < 1.29 is 38.0 Å². The Morgan fingerprint density at radius 3 is 2.44 bits per heavy atom. The fourth-order valence-corrected chi connectivity index (χ4v) is 1.96. The minimum Gasteiger partial charge on any atom is -0.433 e. The summed E-state index contributed by atoms with van der Waals surface area (Å²) in [5.41, 5.74) is 0. The molecule has 1 aliphatic heterocycles. The molecule has 0 amide bonds. The Morgan fingerprint density at radius 1 is 1.39 bits per heavy atom. The van der Waals surface area contributed by atoms with E-state index in [-0.39, 0.29) is 0 Å². The molecule has 5 atom stereocenters. The number of carbonyl (C=O) groups is 1. The largest absolute Gasteiger partial charge is 0.433 e. The van der Waals surface area contributed by atoms with Crippen LogP contribution in [-0.2, 0) is 24.8 Å². The average Bonchev–Trinajstić information content (AvgIpc) is 2.27. The first-order valence-corrected chi connectivity index (χ1v) is 6.00. The maximum atomic E-state index is 10.8. The Morgan fingerprint density at radius 2 is 2.00 bits per heavy atom. The summed E-state index contributed by atoms with van der Waals surface area (Å²) in [4.78, 5) is 10.8. The van der Waals surface area contributed by atoms with Gasteiger partial charge in [-0.05, 0) is 0 Å². The molecule has 0 spiro atoms. The first-order chi connectivity index (χ1) is 8.36. The second-order valence-corrected chi connectivity index (χ2v) is 4.27. The van der Waals surface area contributed by atoms with E-state index in [1.54, 1.807) is 0 Å². The summed E-state index contributed by atoms with van der Waals surface area (Å²) < 4.78 is 33.7. The van der Waals surface area contributed by atoms with E-state index < -0.39 is 53.7 Å². The number of nitrogens with zero attached hydrogens (tertiary/aromatic N) is 1. The first-order valence-electron chi connectivity index (χ1n) is 4.96. The molecule has 0 radical (unpaired) electrons. The molecule has 18 heavy (non-hydrogen) atoms. The lowest BCUT2D eigenvalue weighted by Gasteiger charge is -2.38. The molecule has 0 aromatic heterocycles. The molecule has 1 rings (SSSR count). The summed E-state index contributed by atoms with van der Waals surface area (Å²) in [6, 6.07) is -1.48. The molecule has 1 unspecified atom stereocenters. The lowest BCUT2D eigenvalue weighted by Crippen LogP contribution is -2.58. The Labute approximate surface area is 104 Å². The number of esters is 1. The molecular formula is C8H13NO8S. The van der Waals surface area contributed by atoms with Gasteiger partial charge in [-0.25, -0.2) is 0 Å². The number of rotatable bonds is 3. The molecule has 0 aromatic rings. The molecular weight excluding hydrogens is 270 g/mol. The van der Waals surface area contributed by atoms with Gasteiger partial charge in [-0.15, -0.1) is 0 Å². The van der Waals surface area contributed by atoms with Gasteiger partial charge in [0.2, 0.25) is 6.29 Å². The number of aliphatic hydroxyl groups is 3. The molecule has 3 N–H and O–H groups in total. The third-order valence-electron chi connectivity index (χ3n) is 2.34. The Hall–Kier alpha value is -1.07. The van der Waals surface area contributed by atoms with Gasteiger partial charge in [0.1, 0.15) is 18.3 Å². The van der Waals surface area contributed by atoms with E-state index in [2.05, 4.69) is 9.10 Å². The van der Waals surface area contributed by atoms with Gasteiger partial charge in [0.25, 0.3) is 0 Å². The molecule has 0 bridgehead atoms. The molecule has 1 fully saturated rings. The van der Waals surface area contributed by atoms with Crippen LogP contribution in [-0.4, -0.2) is 67.0 Å². The van der Waals surface area contributed by atoms with Crippen LogP contribution in [0.4, 0.5) is 0 Å². The topological polar surface area (TPSA) is 143 Å². The van der Waals surface area contributed by atoms with E-state index in [1.807, 2.05) is 0 Å². The second-order valence-electron chi connectivity index (χ2n) is 3.63. The minimum absolute atomic E-state index is 0.636. The lowest BCUT2D eigenvalue weighted by molar-refractivity contribution is -0.257. The average molecular weight is 283 g/mol. The van der Waals surface area contributed by atoms with Gasteiger partial charge in [-0.3, -0.25) is 4.79 Å². The summed E-state index contributed by atoms with van der Waals surface area (Å²) in [6.45, 7) is 0.420. The van der Waals surface area contributed by atoms with Gasteiger partial charge in [0, 0.05) is 6.92 Å². The Kier molecular flexibility index (Phi) is 5.16. The molecule has 9 nitrogen and oxygen atoms in total. The van der Waals surface area contributed by atoms with Gasteiger partial charge in [-0.2, -0.15) is 12.8 Å². The van der Waals surface area contributed by atoms with Gasteiger partial charge in [0.15, 0.2) is 6.04 Å². The number of carbonyl (C=O) groups excluding carboxylic acids is 1. The van der Waals surface area contributed by atoms with E-state index >= 15 is 0 Å². The van der Waals surface area contributed by atoms with Crippen LogP contribution in [0.2, 0.25) is 0 Å². The zero-order chi connectivity index (χ0) is 13.9. The number of hydrogen-bond acceptors (Lipinski definition) is 9. The maximum absolute atomic E-state index is 10.8. The molecule has 0 aromatic carbocycles. The third kappa shape index (κ3) is 3.46. The highest BCUT2D eigenvalue weighted by Gasteiger charge is 2.46. The lowest BCUT2D eigenvalue weighted by atomic mass is 9.98. The monoisotopic (exact) mass is 283 g/mol. The van der Waals surface area contributed by atoms with Crippen molar-refractivity contribution in [2.24, 2.45) is 4.36 Å². The van der Waals surface area contributed by atoms with Crippen LogP contribution in [0.5, 0.6) is 0 Å². The number of aliphatic hydroxyl groups excluding tert-OH is 3. The molecule has 10 heteroatoms. The van der Waals surface area contributed by atoms with Crippen molar-refractivity contribution in [1.29, 1.82) is 0 Å². The summed E-state index contributed by atoms with van der Waals surface area (Å²) in [5, 5.41) is 28.1. The normalized spacial score (nSPS) is 35.9. The summed E-state index contributed by atoms with van der Waals surface area (Å²) in [6.07, 6.45) is -5.87. The first kappa shape index (κ1) is 15.0. The molecule has 1 saturated heterocycles. The van der Waals surface area contributed by atoms with Crippen LogP contribution in [0.25, 0.3) is 0 Å². The highest BCUT2D eigenvalue weighted by atomic mass is 32.2. The van der Waals surface area contributed by atoms with Crippen molar-refractivity contribution in [3.8, 4) is 0 Å². The Balaban J connectivity index is 3.01. The Bertz CT molecular complexity index is 426. The molecule has 1 heterocycles. The predicted molar refractivity (Wildman–Crippen MR) is 54.7 cm³/mol. The van der Waals surface area contributed by atoms with Crippen molar-refractivity contribution in [3.05, 3.63) is 0 Å². The van der Waals surface area contributed by atoms with Crippen molar-refractivity contribution in [2.45, 2.75) is 37.6 Å². The summed E-state index contributed by atoms with van der Waals surface area (Å²) >= 11 is 0. The van der Waals surface area contributed by atoms with Crippen molar-refractivity contribution in [1.82, 2.24) is 0 Å². The van der Waals surface area contributed by atoms with Crippen LogP contribution in [0.3, 0.4) is 0 Å². The van der Waals surface area contributed by atoms with Crippen molar-refractivity contribution >= 4 is 16.5 Å². The minimum atomic E-state index is -2.88. The standard InChI is InChI=1S/C8H13NO8S/c1-3(11)16-8-5(9-18(14)15)7(13)6(12)4(2-10)17-8/h4-8,10,12-13H,2H2,1H3/t4-,5-,6-,7-,8?/m1/s1. The van der Waals surface area contributed by atoms with Gasteiger partial charge >= 0.3 is 16.5 Å². The number of hydrogen-bond donors (Lipinski definition) is 3. The zero-order valence-electron chi connectivity index (χ0n) is 9.33. The SMILES string of the molecule is CC(=O)OC1O[C@H](CO)[C@@H](O)[C@H](O)[C@H]1N=S(=O)=O. The fourth-order valence-electron chi connectivity index (χ4n) is 1.54. The summed E-state index contributed by atoms with van der Waals surface area (Å²) in [7, 11) is -2.88. The highest BCUT2D eigenvalue weighted by molar-refractivity contribution is 7.61. The molecule has 0 aliphatic carbocycles. The van der Waals surface area contributed by atoms with Crippen LogP contribution in [0.1, 0.15) is 6.92 Å². The molecule has 1 aliphatic rings. The van der Waals surface area contributed by atoms with E-state index in [0.717, 1.165) is 6.92 Å². The van der Waals surface area contributed by atoms with Gasteiger partial charge in [-0.1, -0.05) is 0 Å². The molecule has 0 saturated carbocycles. The van der Waals surface area contributed by atoms with Crippen LogP contribution in [0, 0.1) is 0 Å². The predicted octanol–water partition coefficient (Wildman–Crippen LogP) is -2.58. The smallest absolute Gasteiger partial charge is 0.311 e. The van der Waals surface area contributed by atoms with Crippen LogP contribution in [0.15, 0.2) is 4.36 Å². The molecule has 104 valence electrons. The third-order valence-corrected chi connectivity index (χ3v) is 2.75. The fraction of sp³-hybridized carbons (Fsp3) is 0.875. The van der Waals surface area contributed by atoms with E-state index in [1.165, 1.54) is 0 Å². The van der Waals surface area contributed by atoms with Crippen LogP contribution >= 0.6 is 0 Å². The maximum Gasteiger partial charge on any atom is 0.311 e. The van der Waals surface area contributed by atoms with Crippen molar-refractivity contribution in [3.63, 3.8) is 0 Å². The zero-order valence-corrected chi connectivity index (χ0v) is 10.1. The highest BCUT2D eigenvalue weighted by Crippen LogP contribution is 2.24. The van der Waals surface area contributed by atoms with Gasteiger partial charge in [0.05, 0.1) is 6.61 Å².